The second-order valence-electron chi connectivity index (χ2n) is 8.26. The third-order valence-corrected chi connectivity index (χ3v) is 8.50. The predicted octanol–water partition coefficient (Wildman–Crippen LogP) is 2.97. The van der Waals surface area contributed by atoms with Gasteiger partial charge in [-0.25, -0.2) is 4.68 Å². The van der Waals surface area contributed by atoms with Crippen molar-refractivity contribution in [1.82, 2.24) is 23.3 Å². The van der Waals surface area contributed by atoms with Crippen molar-refractivity contribution >= 4 is 27.7 Å². The maximum atomic E-state index is 13.3. The number of benzene rings is 1. The number of halogens is 1. The van der Waals surface area contributed by atoms with E-state index in [1.165, 1.54) is 4.31 Å². The molecule has 0 unspecified atom stereocenters. The molecule has 2 aliphatic rings. The lowest BCUT2D eigenvalue weighted by atomic mass is 10.1. The molecule has 1 aromatic carbocycles. The lowest BCUT2D eigenvalue weighted by Crippen LogP contribution is -2.54. The highest BCUT2D eigenvalue weighted by Gasteiger charge is 2.34. The Morgan fingerprint density at radius 1 is 1.00 bits per heavy atom. The molecule has 0 saturated carbocycles. The maximum Gasteiger partial charge on any atom is 0.282 e. The van der Waals surface area contributed by atoms with Gasteiger partial charge in [0.2, 0.25) is 0 Å². The lowest BCUT2D eigenvalue weighted by molar-refractivity contribution is 0.0693. The monoisotopic (exact) mass is 479 g/mol. The molecule has 2 saturated heterocycles. The van der Waals surface area contributed by atoms with Gasteiger partial charge >= 0.3 is 0 Å². The normalized spacial score (nSPS) is 19.1. The van der Waals surface area contributed by atoms with Crippen LogP contribution < -0.4 is 0 Å². The van der Waals surface area contributed by atoms with Crippen molar-refractivity contribution in [3.05, 3.63) is 46.7 Å². The molecule has 0 spiro atoms. The smallest absolute Gasteiger partial charge is 0.282 e. The summed E-state index contributed by atoms with van der Waals surface area (Å²) >= 11 is 6.12. The minimum Gasteiger partial charge on any atom is -0.336 e. The predicted molar refractivity (Wildman–Crippen MR) is 124 cm³/mol. The molecular formula is C22H30ClN5O3S. The Bertz CT molecular complexity index is 1060. The number of nitrogens with zero attached hydrogens (tertiary/aromatic N) is 5. The molecule has 2 aromatic rings. The average molecular weight is 480 g/mol. The Morgan fingerprint density at radius 2 is 1.66 bits per heavy atom. The van der Waals surface area contributed by atoms with E-state index in [0.717, 1.165) is 37.1 Å². The molecule has 2 fully saturated rings. The summed E-state index contributed by atoms with van der Waals surface area (Å²) in [5, 5.41) is 5.04. The van der Waals surface area contributed by atoms with Gasteiger partial charge in [-0.3, -0.25) is 4.79 Å². The molecule has 0 N–H and O–H groups in total. The number of aromatic nitrogens is 2. The van der Waals surface area contributed by atoms with Gasteiger partial charge in [-0.05, 0) is 37.5 Å². The van der Waals surface area contributed by atoms with Crippen LogP contribution in [-0.2, 0) is 16.6 Å². The SMILES string of the molecule is CCc1c(C(=O)N2CCN(S(=O)(=O)N3CCCCCC3)CC2)cnn1-c1cccc(Cl)c1. The van der Waals surface area contributed by atoms with Crippen LogP contribution >= 0.6 is 11.6 Å². The summed E-state index contributed by atoms with van der Waals surface area (Å²) in [5.41, 5.74) is 2.18. The number of carbonyl (C=O) groups is 1. The maximum absolute atomic E-state index is 13.3. The number of hydrogen-bond donors (Lipinski definition) is 0. The molecule has 0 radical (unpaired) electrons. The Labute approximate surface area is 194 Å². The van der Waals surface area contributed by atoms with Gasteiger partial charge in [-0.15, -0.1) is 0 Å². The van der Waals surface area contributed by atoms with E-state index >= 15 is 0 Å². The number of hydrogen-bond acceptors (Lipinski definition) is 4. The molecule has 0 atom stereocenters. The molecule has 32 heavy (non-hydrogen) atoms. The highest BCUT2D eigenvalue weighted by atomic mass is 35.5. The van der Waals surface area contributed by atoms with Crippen molar-refractivity contribution < 1.29 is 13.2 Å². The second kappa shape index (κ2) is 9.91. The van der Waals surface area contributed by atoms with Crippen LogP contribution in [0.4, 0.5) is 0 Å². The largest absolute Gasteiger partial charge is 0.336 e. The number of amides is 1. The summed E-state index contributed by atoms with van der Waals surface area (Å²) in [6.45, 7) is 4.53. The van der Waals surface area contributed by atoms with Crippen LogP contribution in [0.25, 0.3) is 5.69 Å². The first kappa shape index (κ1) is 23.2. The van der Waals surface area contributed by atoms with E-state index in [0.29, 0.717) is 56.3 Å². The summed E-state index contributed by atoms with van der Waals surface area (Å²) in [5.74, 6) is -0.109. The van der Waals surface area contributed by atoms with Gasteiger partial charge in [0.05, 0.1) is 23.1 Å². The summed E-state index contributed by atoms with van der Waals surface area (Å²) < 4.78 is 31.0. The fourth-order valence-corrected chi connectivity index (χ4v) is 6.31. The van der Waals surface area contributed by atoms with Gasteiger partial charge in [0.1, 0.15) is 0 Å². The van der Waals surface area contributed by atoms with Crippen molar-refractivity contribution in [2.24, 2.45) is 0 Å². The highest BCUT2D eigenvalue weighted by molar-refractivity contribution is 7.86. The molecular weight excluding hydrogens is 450 g/mol. The van der Waals surface area contributed by atoms with E-state index in [2.05, 4.69) is 5.10 Å². The molecule has 1 amide bonds. The fraction of sp³-hybridized carbons (Fsp3) is 0.545. The zero-order chi connectivity index (χ0) is 22.7. The van der Waals surface area contributed by atoms with E-state index in [1.807, 2.05) is 25.1 Å². The van der Waals surface area contributed by atoms with Crippen LogP contribution in [0.3, 0.4) is 0 Å². The van der Waals surface area contributed by atoms with Crippen molar-refractivity contribution in [2.45, 2.75) is 39.0 Å². The van der Waals surface area contributed by atoms with E-state index in [1.54, 1.807) is 26.2 Å². The number of piperazine rings is 1. The van der Waals surface area contributed by atoms with Crippen LogP contribution in [0.15, 0.2) is 30.5 Å². The first-order chi connectivity index (χ1) is 15.4. The summed E-state index contributed by atoms with van der Waals surface area (Å²) in [4.78, 5) is 15.0. The van der Waals surface area contributed by atoms with E-state index < -0.39 is 10.2 Å². The Kier molecular flexibility index (Phi) is 7.19. The number of carbonyl (C=O) groups excluding carboxylic acids is 1. The van der Waals surface area contributed by atoms with Crippen LogP contribution in [0.5, 0.6) is 0 Å². The van der Waals surface area contributed by atoms with Gasteiger partial charge in [-0.1, -0.05) is 37.4 Å². The van der Waals surface area contributed by atoms with Crippen LogP contribution in [-0.4, -0.2) is 76.9 Å². The first-order valence-electron chi connectivity index (χ1n) is 11.3. The van der Waals surface area contributed by atoms with E-state index in [4.69, 9.17) is 11.6 Å². The van der Waals surface area contributed by atoms with Crippen molar-refractivity contribution in [3.8, 4) is 5.69 Å². The standard InChI is InChI=1S/C22H30ClN5O3S/c1-2-21-20(17-24-28(21)19-9-7-8-18(23)16-19)22(29)25-12-14-27(15-13-25)32(30,31)26-10-5-3-4-6-11-26/h7-9,16-17H,2-6,10-15H2,1H3. The topological polar surface area (TPSA) is 78.8 Å². The molecule has 174 valence electrons. The Hall–Kier alpha value is -1.94. The van der Waals surface area contributed by atoms with Crippen LogP contribution in [0, 0.1) is 0 Å². The molecule has 1 aromatic heterocycles. The zero-order valence-corrected chi connectivity index (χ0v) is 20.0. The van der Waals surface area contributed by atoms with Crippen molar-refractivity contribution in [2.75, 3.05) is 39.3 Å². The second-order valence-corrected chi connectivity index (χ2v) is 10.6. The van der Waals surface area contributed by atoms with Crippen LogP contribution in [0.2, 0.25) is 5.02 Å². The molecule has 3 heterocycles. The summed E-state index contributed by atoms with van der Waals surface area (Å²) in [6, 6.07) is 7.36. The van der Waals surface area contributed by atoms with E-state index in [-0.39, 0.29) is 5.91 Å². The van der Waals surface area contributed by atoms with Gasteiger partial charge in [0, 0.05) is 44.3 Å². The van der Waals surface area contributed by atoms with E-state index in [9.17, 15) is 13.2 Å². The summed E-state index contributed by atoms with van der Waals surface area (Å²) in [6.07, 6.45) is 6.22. The molecule has 10 heteroatoms. The first-order valence-corrected chi connectivity index (χ1v) is 13.1. The molecule has 0 bridgehead atoms. The Morgan fingerprint density at radius 3 is 2.28 bits per heavy atom. The van der Waals surface area contributed by atoms with Crippen molar-refractivity contribution in [1.29, 1.82) is 0 Å². The fourth-order valence-electron chi connectivity index (χ4n) is 4.45. The molecule has 2 aliphatic heterocycles. The van der Waals surface area contributed by atoms with Gasteiger partial charge in [-0.2, -0.15) is 22.1 Å². The van der Waals surface area contributed by atoms with Gasteiger partial charge in [0.15, 0.2) is 0 Å². The minimum absolute atomic E-state index is 0.109. The molecule has 4 rings (SSSR count). The number of rotatable bonds is 5. The van der Waals surface area contributed by atoms with Crippen LogP contribution in [0.1, 0.15) is 48.7 Å². The molecule has 0 aliphatic carbocycles. The zero-order valence-electron chi connectivity index (χ0n) is 18.4. The average Bonchev–Trinajstić information content (AvgIpc) is 3.03. The Balaban J connectivity index is 1.46. The third-order valence-electron chi connectivity index (χ3n) is 6.23. The quantitative estimate of drug-likeness (QED) is 0.660. The lowest BCUT2D eigenvalue weighted by Gasteiger charge is -2.36. The molecule has 8 nitrogen and oxygen atoms in total. The van der Waals surface area contributed by atoms with Gasteiger partial charge in [0.25, 0.3) is 16.1 Å². The van der Waals surface area contributed by atoms with Gasteiger partial charge < -0.3 is 4.90 Å². The third kappa shape index (κ3) is 4.71. The summed E-state index contributed by atoms with van der Waals surface area (Å²) in [7, 11) is -3.47. The highest BCUT2D eigenvalue weighted by Crippen LogP contribution is 2.22. The van der Waals surface area contributed by atoms with Crippen molar-refractivity contribution in [3.63, 3.8) is 0 Å². The minimum atomic E-state index is -3.47.